The summed E-state index contributed by atoms with van der Waals surface area (Å²) in [6.07, 6.45) is 1.07. The Hall–Kier alpha value is -1.49. The van der Waals surface area contributed by atoms with Crippen LogP contribution in [-0.4, -0.2) is 24.6 Å². The molecule has 0 aliphatic carbocycles. The molecular weight excluding hydrogens is 211 g/mol. The van der Waals surface area contributed by atoms with Crippen molar-refractivity contribution in [3.63, 3.8) is 0 Å². The van der Waals surface area contributed by atoms with Gasteiger partial charge >= 0.3 is 5.97 Å². The van der Waals surface area contributed by atoms with Crippen molar-refractivity contribution in [1.29, 1.82) is 0 Å². The molecule has 5 heteroatoms. The van der Waals surface area contributed by atoms with Gasteiger partial charge < -0.3 is 10.1 Å². The summed E-state index contributed by atoms with van der Waals surface area (Å²) in [5, 5.41) is 2.84. The smallest absolute Gasteiger partial charge is 0.332 e. The van der Waals surface area contributed by atoms with Crippen molar-refractivity contribution < 1.29 is 13.9 Å². The van der Waals surface area contributed by atoms with Gasteiger partial charge in [0.1, 0.15) is 5.82 Å². The normalized spacial score (nSPS) is 14.2. The molecule has 1 heterocycles. The fourth-order valence-electron chi connectivity index (χ4n) is 1.28. The number of pyridine rings is 1. The first kappa shape index (κ1) is 12.6. The molecule has 16 heavy (non-hydrogen) atoms. The second-order valence-electron chi connectivity index (χ2n) is 3.46. The number of hydrogen-bond acceptors (Lipinski definition) is 4. The third kappa shape index (κ3) is 2.36. The molecule has 0 fully saturated rings. The molecule has 88 valence electrons. The Labute approximate surface area is 93.8 Å². The molecule has 0 aromatic carbocycles. The van der Waals surface area contributed by atoms with Gasteiger partial charge in [-0.3, -0.25) is 4.98 Å². The standard InChI is InChI=1S/C11H15FN2O2/c1-4-16-10(15)11(2,13-3)9-6-5-8(12)7-14-9/h5-7,13H,4H2,1-3H3. The molecule has 0 saturated heterocycles. The van der Waals surface area contributed by atoms with Crippen molar-refractivity contribution >= 4 is 5.97 Å². The summed E-state index contributed by atoms with van der Waals surface area (Å²) in [4.78, 5) is 15.6. The quantitative estimate of drug-likeness (QED) is 0.784. The average Bonchev–Trinajstić information content (AvgIpc) is 2.29. The molecule has 1 rings (SSSR count). The Morgan fingerprint density at radius 1 is 1.62 bits per heavy atom. The first-order valence-corrected chi connectivity index (χ1v) is 5.02. The van der Waals surface area contributed by atoms with Gasteiger partial charge in [0.25, 0.3) is 0 Å². The molecule has 0 aliphatic rings. The highest BCUT2D eigenvalue weighted by Crippen LogP contribution is 2.19. The molecule has 1 atom stereocenters. The molecule has 1 N–H and O–H groups in total. The van der Waals surface area contributed by atoms with Crippen LogP contribution < -0.4 is 5.32 Å². The van der Waals surface area contributed by atoms with E-state index >= 15 is 0 Å². The van der Waals surface area contributed by atoms with E-state index in [2.05, 4.69) is 10.3 Å². The minimum Gasteiger partial charge on any atom is -0.464 e. The van der Waals surface area contributed by atoms with Gasteiger partial charge in [-0.2, -0.15) is 0 Å². The Balaban J connectivity index is 3.04. The minimum absolute atomic E-state index is 0.289. The summed E-state index contributed by atoms with van der Waals surface area (Å²) < 4.78 is 17.7. The number of likely N-dealkylation sites (N-methyl/N-ethyl adjacent to an activating group) is 1. The van der Waals surface area contributed by atoms with Gasteiger partial charge in [-0.25, -0.2) is 9.18 Å². The van der Waals surface area contributed by atoms with Gasteiger partial charge in [0.2, 0.25) is 0 Å². The molecule has 0 bridgehead atoms. The molecule has 1 aromatic rings. The lowest BCUT2D eigenvalue weighted by Crippen LogP contribution is -2.46. The SMILES string of the molecule is CCOC(=O)C(C)(NC)c1ccc(F)cn1. The Bertz CT molecular complexity index is 367. The number of carbonyl (C=O) groups excluding carboxylic acids is 1. The van der Waals surface area contributed by atoms with Crippen LogP contribution in [0.1, 0.15) is 19.5 Å². The largest absolute Gasteiger partial charge is 0.464 e. The van der Waals surface area contributed by atoms with E-state index in [1.165, 1.54) is 12.1 Å². The summed E-state index contributed by atoms with van der Waals surface area (Å²) >= 11 is 0. The second kappa shape index (κ2) is 5.03. The number of rotatable bonds is 4. The lowest BCUT2D eigenvalue weighted by atomic mass is 9.97. The number of ether oxygens (including phenoxy) is 1. The average molecular weight is 226 g/mol. The topological polar surface area (TPSA) is 51.2 Å². The van der Waals surface area contributed by atoms with E-state index in [1.807, 2.05) is 0 Å². The van der Waals surface area contributed by atoms with Gasteiger partial charge in [-0.15, -0.1) is 0 Å². The third-order valence-electron chi connectivity index (χ3n) is 2.42. The molecule has 1 aromatic heterocycles. The number of carbonyl (C=O) groups is 1. The van der Waals surface area contributed by atoms with Gasteiger partial charge in [-0.05, 0) is 33.0 Å². The fourth-order valence-corrected chi connectivity index (χ4v) is 1.28. The van der Waals surface area contributed by atoms with Crippen molar-refractivity contribution in [2.45, 2.75) is 19.4 Å². The molecule has 1 unspecified atom stereocenters. The van der Waals surface area contributed by atoms with Gasteiger partial charge in [0.05, 0.1) is 18.5 Å². The number of aromatic nitrogens is 1. The Kier molecular flexibility index (Phi) is 3.95. The highest BCUT2D eigenvalue weighted by molar-refractivity contribution is 5.81. The van der Waals surface area contributed by atoms with Crippen LogP contribution in [0.2, 0.25) is 0 Å². The van der Waals surface area contributed by atoms with Crippen LogP contribution in [-0.2, 0) is 15.1 Å². The van der Waals surface area contributed by atoms with E-state index in [9.17, 15) is 9.18 Å². The maximum absolute atomic E-state index is 12.7. The molecule has 0 saturated carbocycles. The highest BCUT2D eigenvalue weighted by atomic mass is 19.1. The van der Waals surface area contributed by atoms with Crippen molar-refractivity contribution in [2.75, 3.05) is 13.7 Å². The van der Waals surface area contributed by atoms with E-state index in [0.717, 1.165) is 6.20 Å². The number of hydrogen-bond donors (Lipinski definition) is 1. The van der Waals surface area contributed by atoms with Crippen LogP contribution in [0.15, 0.2) is 18.3 Å². The summed E-state index contributed by atoms with van der Waals surface area (Å²) in [7, 11) is 1.63. The van der Waals surface area contributed by atoms with E-state index in [0.29, 0.717) is 5.69 Å². The van der Waals surface area contributed by atoms with Crippen LogP contribution in [0, 0.1) is 5.82 Å². The van der Waals surface area contributed by atoms with Gasteiger partial charge in [0.15, 0.2) is 5.54 Å². The highest BCUT2D eigenvalue weighted by Gasteiger charge is 2.36. The second-order valence-corrected chi connectivity index (χ2v) is 3.46. The zero-order chi connectivity index (χ0) is 12.2. The lowest BCUT2D eigenvalue weighted by Gasteiger charge is -2.25. The summed E-state index contributed by atoms with van der Waals surface area (Å²) in [5.74, 6) is -0.873. The summed E-state index contributed by atoms with van der Waals surface area (Å²) in [6.45, 7) is 3.66. The number of halogens is 1. The molecule has 0 radical (unpaired) electrons. The predicted octanol–water partition coefficient (Wildman–Crippen LogP) is 1.22. The monoisotopic (exact) mass is 226 g/mol. The molecule has 0 amide bonds. The molecule has 0 aliphatic heterocycles. The van der Waals surface area contributed by atoms with Gasteiger partial charge in [0, 0.05) is 0 Å². The van der Waals surface area contributed by atoms with Crippen molar-refractivity contribution in [3.8, 4) is 0 Å². The summed E-state index contributed by atoms with van der Waals surface area (Å²) in [5.41, 5.74) is -0.626. The van der Waals surface area contributed by atoms with Crippen molar-refractivity contribution in [3.05, 3.63) is 29.8 Å². The van der Waals surface area contributed by atoms with Crippen molar-refractivity contribution in [2.24, 2.45) is 0 Å². The van der Waals surface area contributed by atoms with Crippen LogP contribution in [0.4, 0.5) is 4.39 Å². The zero-order valence-corrected chi connectivity index (χ0v) is 9.58. The van der Waals surface area contributed by atoms with Crippen molar-refractivity contribution in [1.82, 2.24) is 10.3 Å². The Morgan fingerprint density at radius 2 is 2.31 bits per heavy atom. The minimum atomic E-state index is -1.05. The first-order valence-electron chi connectivity index (χ1n) is 5.02. The van der Waals surface area contributed by atoms with E-state index in [-0.39, 0.29) is 6.61 Å². The number of nitrogens with zero attached hydrogens (tertiary/aromatic N) is 1. The maximum atomic E-state index is 12.7. The van der Waals surface area contributed by atoms with Crippen LogP contribution in [0.3, 0.4) is 0 Å². The Morgan fingerprint density at radius 3 is 2.75 bits per heavy atom. The number of esters is 1. The number of nitrogens with one attached hydrogen (secondary N) is 1. The fraction of sp³-hybridized carbons (Fsp3) is 0.455. The van der Waals surface area contributed by atoms with E-state index in [4.69, 9.17) is 4.74 Å². The maximum Gasteiger partial charge on any atom is 0.332 e. The van der Waals surface area contributed by atoms with Crippen LogP contribution in [0.25, 0.3) is 0 Å². The molecule has 0 spiro atoms. The van der Waals surface area contributed by atoms with Gasteiger partial charge in [-0.1, -0.05) is 0 Å². The van der Waals surface area contributed by atoms with Crippen LogP contribution in [0.5, 0.6) is 0 Å². The predicted molar refractivity (Wildman–Crippen MR) is 57.2 cm³/mol. The molecular formula is C11H15FN2O2. The van der Waals surface area contributed by atoms with E-state index in [1.54, 1.807) is 20.9 Å². The molecule has 4 nitrogen and oxygen atoms in total. The van der Waals surface area contributed by atoms with E-state index < -0.39 is 17.3 Å². The first-order chi connectivity index (χ1) is 7.54. The summed E-state index contributed by atoms with van der Waals surface area (Å²) in [6, 6.07) is 2.72. The lowest BCUT2D eigenvalue weighted by molar-refractivity contribution is -0.150. The third-order valence-corrected chi connectivity index (χ3v) is 2.42. The van der Waals surface area contributed by atoms with Crippen LogP contribution >= 0.6 is 0 Å². The zero-order valence-electron chi connectivity index (χ0n) is 9.58.